The van der Waals surface area contributed by atoms with Crippen LogP contribution < -0.4 is 9.47 Å². The van der Waals surface area contributed by atoms with E-state index in [0.717, 1.165) is 12.8 Å². The van der Waals surface area contributed by atoms with Gasteiger partial charge >= 0.3 is 5.97 Å². The monoisotopic (exact) mass is 321 g/mol. The van der Waals surface area contributed by atoms with Gasteiger partial charge in [0.05, 0.1) is 24.7 Å². The van der Waals surface area contributed by atoms with Gasteiger partial charge in [-0.25, -0.2) is 0 Å². The molecule has 1 aliphatic carbocycles. The normalized spacial score (nSPS) is 15.4. The number of nitriles is 1. The molecule has 4 heteroatoms. The van der Waals surface area contributed by atoms with E-state index in [0.29, 0.717) is 30.1 Å². The van der Waals surface area contributed by atoms with Crippen LogP contribution in [0.3, 0.4) is 0 Å². The van der Waals surface area contributed by atoms with Crippen LogP contribution in [0.25, 0.3) is 0 Å². The van der Waals surface area contributed by atoms with Crippen LogP contribution >= 0.6 is 0 Å². The Bertz CT molecular complexity index is 792. The number of nitrogens with zero attached hydrogens (tertiary/aromatic N) is 1. The summed E-state index contributed by atoms with van der Waals surface area (Å²) in [7, 11) is 0. The summed E-state index contributed by atoms with van der Waals surface area (Å²) in [5.41, 5.74) is 3.05. The lowest BCUT2D eigenvalue weighted by Crippen LogP contribution is -2.12. The molecular weight excluding hydrogens is 302 g/mol. The average molecular weight is 321 g/mol. The van der Waals surface area contributed by atoms with Crippen LogP contribution in [0.4, 0.5) is 0 Å². The number of hydrogen-bond donors (Lipinski definition) is 0. The van der Waals surface area contributed by atoms with Gasteiger partial charge in [0.2, 0.25) is 0 Å². The largest absolute Gasteiger partial charge is 0.490 e. The fourth-order valence-corrected chi connectivity index (χ4v) is 3.15. The first-order valence-electron chi connectivity index (χ1n) is 8.16. The Kier molecular flexibility index (Phi) is 4.81. The highest BCUT2D eigenvalue weighted by Crippen LogP contribution is 2.36. The highest BCUT2D eigenvalue weighted by atomic mass is 16.6. The molecule has 2 aromatic carbocycles. The third kappa shape index (κ3) is 3.41. The highest BCUT2D eigenvalue weighted by molar-refractivity contribution is 5.74. The standard InChI is InChI=1S/C20H19NO3/c1-2-23-19-11-14(13-21)7-10-18(19)24-20(22)12-16-9-8-15-5-3-4-6-17(15)16/h3-7,10-11,16H,2,8-9,12H2,1H3. The zero-order valence-electron chi connectivity index (χ0n) is 13.6. The fraction of sp³-hybridized carbons (Fsp3) is 0.300. The van der Waals surface area contributed by atoms with Crippen molar-refractivity contribution in [1.82, 2.24) is 0 Å². The van der Waals surface area contributed by atoms with Gasteiger partial charge in [0, 0.05) is 6.07 Å². The van der Waals surface area contributed by atoms with E-state index in [1.165, 1.54) is 11.1 Å². The van der Waals surface area contributed by atoms with Crippen molar-refractivity contribution in [2.45, 2.75) is 32.1 Å². The Morgan fingerprint density at radius 3 is 2.88 bits per heavy atom. The number of fused-ring (bicyclic) bond motifs is 1. The number of esters is 1. The maximum absolute atomic E-state index is 12.3. The molecule has 1 unspecified atom stereocenters. The summed E-state index contributed by atoms with van der Waals surface area (Å²) < 4.78 is 11.0. The number of hydrogen-bond acceptors (Lipinski definition) is 4. The van der Waals surface area contributed by atoms with Crippen LogP contribution in [0.5, 0.6) is 11.5 Å². The molecule has 0 N–H and O–H groups in total. The van der Waals surface area contributed by atoms with Gasteiger partial charge in [-0.15, -0.1) is 0 Å². The van der Waals surface area contributed by atoms with Crippen molar-refractivity contribution < 1.29 is 14.3 Å². The molecule has 0 bridgehead atoms. The first kappa shape index (κ1) is 16.1. The molecule has 0 saturated heterocycles. The molecule has 122 valence electrons. The summed E-state index contributed by atoms with van der Waals surface area (Å²) in [6, 6.07) is 15.1. The Morgan fingerprint density at radius 2 is 2.08 bits per heavy atom. The van der Waals surface area contributed by atoms with E-state index in [9.17, 15) is 4.79 Å². The van der Waals surface area contributed by atoms with Crippen molar-refractivity contribution in [3.8, 4) is 17.6 Å². The van der Waals surface area contributed by atoms with Crippen molar-refractivity contribution in [2.24, 2.45) is 0 Å². The summed E-state index contributed by atoms with van der Waals surface area (Å²) in [6.45, 7) is 2.29. The minimum absolute atomic E-state index is 0.211. The Labute approximate surface area is 141 Å². The van der Waals surface area contributed by atoms with Crippen LogP contribution in [0.1, 0.15) is 42.4 Å². The quantitative estimate of drug-likeness (QED) is 0.617. The second-order valence-electron chi connectivity index (χ2n) is 5.82. The minimum Gasteiger partial charge on any atom is -0.490 e. The molecule has 0 aromatic heterocycles. The van der Waals surface area contributed by atoms with E-state index >= 15 is 0 Å². The lowest BCUT2D eigenvalue weighted by Gasteiger charge is -2.13. The number of carbonyl (C=O) groups excluding carboxylic acids is 1. The molecule has 24 heavy (non-hydrogen) atoms. The van der Waals surface area contributed by atoms with Gasteiger partial charge in [-0.2, -0.15) is 5.26 Å². The van der Waals surface area contributed by atoms with Crippen molar-refractivity contribution in [3.63, 3.8) is 0 Å². The van der Waals surface area contributed by atoms with Crippen molar-refractivity contribution in [3.05, 3.63) is 59.2 Å². The van der Waals surface area contributed by atoms with Gasteiger partial charge in [-0.3, -0.25) is 4.79 Å². The van der Waals surface area contributed by atoms with E-state index in [-0.39, 0.29) is 11.9 Å². The lowest BCUT2D eigenvalue weighted by molar-refractivity contribution is -0.134. The molecule has 0 spiro atoms. The van der Waals surface area contributed by atoms with Crippen LogP contribution in [-0.4, -0.2) is 12.6 Å². The first-order valence-corrected chi connectivity index (χ1v) is 8.16. The van der Waals surface area contributed by atoms with Crippen LogP contribution in [0.15, 0.2) is 42.5 Å². The SMILES string of the molecule is CCOc1cc(C#N)ccc1OC(=O)CC1CCc2ccccc21. The predicted octanol–water partition coefficient (Wildman–Crippen LogP) is 3.98. The maximum atomic E-state index is 12.3. The summed E-state index contributed by atoms with van der Waals surface area (Å²) >= 11 is 0. The Hall–Kier alpha value is -2.80. The Morgan fingerprint density at radius 1 is 1.25 bits per heavy atom. The summed E-state index contributed by atoms with van der Waals surface area (Å²) in [4.78, 5) is 12.3. The van der Waals surface area contributed by atoms with E-state index in [4.69, 9.17) is 14.7 Å². The fourth-order valence-electron chi connectivity index (χ4n) is 3.15. The summed E-state index contributed by atoms with van der Waals surface area (Å²) in [5, 5.41) is 8.97. The second kappa shape index (κ2) is 7.18. The molecule has 0 amide bonds. The average Bonchev–Trinajstić information content (AvgIpc) is 3.00. The second-order valence-corrected chi connectivity index (χ2v) is 5.82. The molecule has 0 heterocycles. The van der Waals surface area contributed by atoms with E-state index in [1.54, 1.807) is 18.2 Å². The van der Waals surface area contributed by atoms with Crippen LogP contribution in [0, 0.1) is 11.3 Å². The molecule has 4 nitrogen and oxygen atoms in total. The molecule has 0 aliphatic heterocycles. The molecule has 1 aliphatic rings. The lowest BCUT2D eigenvalue weighted by atomic mass is 9.98. The molecule has 0 fully saturated rings. The van der Waals surface area contributed by atoms with Gasteiger partial charge in [-0.1, -0.05) is 24.3 Å². The highest BCUT2D eigenvalue weighted by Gasteiger charge is 2.25. The molecule has 2 aromatic rings. The van der Waals surface area contributed by atoms with Crippen LogP contribution in [-0.2, 0) is 11.2 Å². The van der Waals surface area contributed by atoms with Gasteiger partial charge < -0.3 is 9.47 Å². The van der Waals surface area contributed by atoms with E-state index in [2.05, 4.69) is 18.2 Å². The predicted molar refractivity (Wildman–Crippen MR) is 90.1 cm³/mol. The number of benzene rings is 2. The van der Waals surface area contributed by atoms with E-state index < -0.39 is 0 Å². The van der Waals surface area contributed by atoms with Gasteiger partial charge in [0.1, 0.15) is 0 Å². The topological polar surface area (TPSA) is 59.3 Å². The maximum Gasteiger partial charge on any atom is 0.311 e. The van der Waals surface area contributed by atoms with Gasteiger partial charge in [0.25, 0.3) is 0 Å². The van der Waals surface area contributed by atoms with Crippen LogP contribution in [0.2, 0.25) is 0 Å². The minimum atomic E-state index is -0.276. The third-order valence-corrected chi connectivity index (χ3v) is 4.27. The number of ether oxygens (including phenoxy) is 2. The van der Waals surface area contributed by atoms with Gasteiger partial charge in [0.15, 0.2) is 11.5 Å². The first-order chi connectivity index (χ1) is 11.7. The molecule has 0 saturated carbocycles. The van der Waals surface area contributed by atoms with Crippen molar-refractivity contribution >= 4 is 5.97 Å². The van der Waals surface area contributed by atoms with Crippen molar-refractivity contribution in [1.29, 1.82) is 5.26 Å². The number of carbonyl (C=O) groups is 1. The summed E-state index contributed by atoms with van der Waals surface area (Å²) in [6.07, 6.45) is 2.33. The Balaban J connectivity index is 1.71. The third-order valence-electron chi connectivity index (χ3n) is 4.27. The molecule has 3 rings (SSSR count). The summed E-state index contributed by atoms with van der Waals surface area (Å²) in [5.74, 6) is 0.730. The van der Waals surface area contributed by atoms with Crippen molar-refractivity contribution in [2.75, 3.05) is 6.61 Å². The smallest absolute Gasteiger partial charge is 0.311 e. The molecule has 1 atom stereocenters. The molecular formula is C20H19NO3. The number of aryl methyl sites for hydroxylation is 1. The zero-order valence-corrected chi connectivity index (χ0v) is 13.6. The zero-order chi connectivity index (χ0) is 16.9. The number of rotatable bonds is 5. The van der Waals surface area contributed by atoms with Gasteiger partial charge in [-0.05, 0) is 48.9 Å². The van der Waals surface area contributed by atoms with E-state index in [1.807, 2.05) is 19.1 Å². The molecule has 0 radical (unpaired) electrons.